The van der Waals surface area contributed by atoms with Gasteiger partial charge in [-0.1, -0.05) is 6.07 Å². The van der Waals surface area contributed by atoms with E-state index in [0.29, 0.717) is 12.1 Å². The Morgan fingerprint density at radius 1 is 1.33 bits per heavy atom. The van der Waals surface area contributed by atoms with Gasteiger partial charge in [-0.2, -0.15) is 0 Å². The van der Waals surface area contributed by atoms with Crippen molar-refractivity contribution in [2.45, 2.75) is 11.4 Å². The molecule has 0 aliphatic heterocycles. The molecule has 0 unspecified atom stereocenters. The fourth-order valence-corrected chi connectivity index (χ4v) is 2.09. The Kier molecular flexibility index (Phi) is 4.38. The first-order chi connectivity index (χ1) is 8.66. The number of thiol groups is 1. The third-order valence-electron chi connectivity index (χ3n) is 2.35. The number of hydrogen-bond donors (Lipinski definition) is 2. The maximum absolute atomic E-state index is 12.0. The minimum absolute atomic E-state index is 0.150. The van der Waals surface area contributed by atoms with Crippen molar-refractivity contribution < 1.29 is 4.79 Å². The van der Waals surface area contributed by atoms with Crippen molar-refractivity contribution in [3.8, 4) is 0 Å². The highest BCUT2D eigenvalue weighted by molar-refractivity contribution is 9.10. The maximum Gasteiger partial charge on any atom is 0.252 e. The van der Waals surface area contributed by atoms with Crippen molar-refractivity contribution in [2.24, 2.45) is 0 Å². The molecule has 2 rings (SSSR count). The average Bonchev–Trinajstić information content (AvgIpc) is 2.40. The molecule has 1 amide bonds. The van der Waals surface area contributed by atoms with Crippen LogP contribution in [-0.2, 0) is 6.54 Å². The molecule has 0 saturated heterocycles. The van der Waals surface area contributed by atoms with E-state index in [1.165, 1.54) is 0 Å². The summed E-state index contributed by atoms with van der Waals surface area (Å²) in [6, 6.07) is 10.9. The van der Waals surface area contributed by atoms with E-state index in [1.807, 2.05) is 24.3 Å². The summed E-state index contributed by atoms with van der Waals surface area (Å²) in [6.07, 6.45) is 1.70. The lowest BCUT2D eigenvalue weighted by molar-refractivity contribution is 0.0949. The Labute approximate surface area is 119 Å². The van der Waals surface area contributed by atoms with Crippen molar-refractivity contribution in [3.05, 3.63) is 58.3 Å². The highest BCUT2D eigenvalue weighted by Crippen LogP contribution is 2.20. The highest BCUT2D eigenvalue weighted by Gasteiger charge is 2.10. The predicted octanol–water partition coefficient (Wildman–Crippen LogP) is 3.06. The second kappa shape index (κ2) is 6.02. The number of halogens is 1. The molecule has 1 aromatic carbocycles. The number of carbonyl (C=O) groups excluding carboxylic acids is 1. The van der Waals surface area contributed by atoms with Crippen LogP contribution in [0.1, 0.15) is 16.1 Å². The highest BCUT2D eigenvalue weighted by atomic mass is 79.9. The Morgan fingerprint density at radius 3 is 2.89 bits per heavy atom. The monoisotopic (exact) mass is 322 g/mol. The molecule has 2 aromatic rings. The van der Waals surface area contributed by atoms with Crippen LogP contribution in [0.2, 0.25) is 0 Å². The van der Waals surface area contributed by atoms with Crippen molar-refractivity contribution in [1.29, 1.82) is 0 Å². The summed E-state index contributed by atoms with van der Waals surface area (Å²) < 4.78 is 0.749. The van der Waals surface area contributed by atoms with E-state index in [9.17, 15) is 4.79 Å². The molecule has 18 heavy (non-hydrogen) atoms. The van der Waals surface area contributed by atoms with E-state index < -0.39 is 0 Å². The lowest BCUT2D eigenvalue weighted by atomic mass is 10.2. The molecule has 0 atom stereocenters. The molecule has 1 N–H and O–H groups in total. The summed E-state index contributed by atoms with van der Waals surface area (Å²) in [5, 5.41) is 2.82. The van der Waals surface area contributed by atoms with E-state index >= 15 is 0 Å². The normalized spacial score (nSPS) is 10.1. The summed E-state index contributed by atoms with van der Waals surface area (Å²) >= 11 is 7.57. The quantitative estimate of drug-likeness (QED) is 0.853. The third-order valence-corrected chi connectivity index (χ3v) is 3.32. The minimum Gasteiger partial charge on any atom is -0.346 e. The standard InChI is InChI=1S/C13H11BrN2OS/c14-12-5-4-10(18)7-11(12)13(17)16-8-9-3-1-2-6-15-9/h1-7,18H,8H2,(H,16,17). The molecule has 1 aromatic heterocycles. The number of nitrogens with one attached hydrogen (secondary N) is 1. The van der Waals surface area contributed by atoms with Crippen molar-refractivity contribution >= 4 is 34.5 Å². The topological polar surface area (TPSA) is 42.0 Å². The molecule has 0 fully saturated rings. The van der Waals surface area contributed by atoms with Gasteiger partial charge in [-0.15, -0.1) is 12.6 Å². The van der Waals surface area contributed by atoms with Gasteiger partial charge in [0, 0.05) is 15.6 Å². The Hall–Kier alpha value is -1.33. The number of amides is 1. The van der Waals surface area contributed by atoms with Crippen LogP contribution in [0.4, 0.5) is 0 Å². The first kappa shape index (κ1) is 13.1. The average molecular weight is 323 g/mol. The van der Waals surface area contributed by atoms with Crippen LogP contribution < -0.4 is 5.32 Å². The zero-order chi connectivity index (χ0) is 13.0. The molecule has 0 aliphatic carbocycles. The molecular formula is C13H11BrN2OS. The lowest BCUT2D eigenvalue weighted by Gasteiger charge is -2.07. The summed E-state index contributed by atoms with van der Waals surface area (Å²) in [5.74, 6) is -0.150. The maximum atomic E-state index is 12.0. The van der Waals surface area contributed by atoms with Crippen LogP contribution in [0, 0.1) is 0 Å². The molecule has 0 aliphatic rings. The molecule has 0 radical (unpaired) electrons. The largest absolute Gasteiger partial charge is 0.346 e. The van der Waals surface area contributed by atoms with E-state index in [0.717, 1.165) is 15.1 Å². The van der Waals surface area contributed by atoms with E-state index in [1.54, 1.807) is 18.3 Å². The van der Waals surface area contributed by atoms with E-state index in [2.05, 4.69) is 38.9 Å². The molecule has 0 saturated carbocycles. The van der Waals surface area contributed by atoms with Crippen LogP contribution in [0.15, 0.2) is 52.0 Å². The van der Waals surface area contributed by atoms with Crippen LogP contribution in [0.3, 0.4) is 0 Å². The Morgan fingerprint density at radius 2 is 2.17 bits per heavy atom. The van der Waals surface area contributed by atoms with Gasteiger partial charge in [0.25, 0.3) is 5.91 Å². The SMILES string of the molecule is O=C(NCc1ccccn1)c1cc(S)ccc1Br. The summed E-state index contributed by atoms with van der Waals surface area (Å²) in [4.78, 5) is 16.9. The zero-order valence-corrected chi connectivity index (χ0v) is 11.9. The van der Waals surface area contributed by atoms with Crippen LogP contribution >= 0.6 is 28.6 Å². The summed E-state index contributed by atoms with van der Waals surface area (Å²) in [7, 11) is 0. The number of nitrogens with zero attached hydrogens (tertiary/aromatic N) is 1. The Bertz CT molecular complexity index is 560. The zero-order valence-electron chi connectivity index (χ0n) is 9.43. The molecule has 1 heterocycles. The number of aromatic nitrogens is 1. The van der Waals surface area contributed by atoms with Gasteiger partial charge < -0.3 is 5.32 Å². The van der Waals surface area contributed by atoms with E-state index in [-0.39, 0.29) is 5.91 Å². The van der Waals surface area contributed by atoms with Crippen LogP contribution in [0.25, 0.3) is 0 Å². The second-order valence-electron chi connectivity index (χ2n) is 3.67. The van der Waals surface area contributed by atoms with Gasteiger partial charge in [0.2, 0.25) is 0 Å². The number of hydrogen-bond acceptors (Lipinski definition) is 3. The fraction of sp³-hybridized carbons (Fsp3) is 0.0769. The molecule has 3 nitrogen and oxygen atoms in total. The molecule has 0 spiro atoms. The van der Waals surface area contributed by atoms with Gasteiger partial charge in [0.1, 0.15) is 0 Å². The Balaban J connectivity index is 2.06. The third kappa shape index (κ3) is 3.34. The fourth-order valence-electron chi connectivity index (χ4n) is 1.46. The van der Waals surface area contributed by atoms with Crippen LogP contribution in [-0.4, -0.2) is 10.9 Å². The van der Waals surface area contributed by atoms with Crippen molar-refractivity contribution in [1.82, 2.24) is 10.3 Å². The minimum atomic E-state index is -0.150. The van der Waals surface area contributed by atoms with Gasteiger partial charge in [-0.25, -0.2) is 0 Å². The summed E-state index contributed by atoms with van der Waals surface area (Å²) in [6.45, 7) is 0.406. The number of carbonyl (C=O) groups is 1. The number of benzene rings is 1. The van der Waals surface area contributed by atoms with Gasteiger partial charge in [0.15, 0.2) is 0 Å². The van der Waals surface area contributed by atoms with Crippen LogP contribution in [0.5, 0.6) is 0 Å². The lowest BCUT2D eigenvalue weighted by Crippen LogP contribution is -2.23. The second-order valence-corrected chi connectivity index (χ2v) is 5.04. The molecule has 5 heteroatoms. The smallest absolute Gasteiger partial charge is 0.252 e. The van der Waals surface area contributed by atoms with Gasteiger partial charge in [-0.3, -0.25) is 9.78 Å². The van der Waals surface area contributed by atoms with Gasteiger partial charge >= 0.3 is 0 Å². The van der Waals surface area contributed by atoms with E-state index in [4.69, 9.17) is 0 Å². The molecular weight excluding hydrogens is 312 g/mol. The summed E-state index contributed by atoms with van der Waals surface area (Å²) in [5.41, 5.74) is 1.39. The molecule has 0 bridgehead atoms. The predicted molar refractivity (Wildman–Crippen MR) is 76.8 cm³/mol. The first-order valence-electron chi connectivity index (χ1n) is 5.33. The van der Waals surface area contributed by atoms with Crippen molar-refractivity contribution in [2.75, 3.05) is 0 Å². The number of pyridine rings is 1. The number of rotatable bonds is 3. The molecule has 92 valence electrons. The van der Waals surface area contributed by atoms with Crippen molar-refractivity contribution in [3.63, 3.8) is 0 Å². The van der Waals surface area contributed by atoms with Gasteiger partial charge in [-0.05, 0) is 46.3 Å². The van der Waals surface area contributed by atoms with Gasteiger partial charge in [0.05, 0.1) is 17.8 Å². The first-order valence-corrected chi connectivity index (χ1v) is 6.57.